The summed E-state index contributed by atoms with van der Waals surface area (Å²) in [5, 5.41) is 10.9. The lowest BCUT2D eigenvalue weighted by Gasteiger charge is -2.07. The number of aryl methyl sites for hydroxylation is 2. The number of amides is 1. The lowest BCUT2D eigenvalue weighted by molar-refractivity contribution is -0.120. The van der Waals surface area contributed by atoms with E-state index in [1.807, 2.05) is 44.2 Å². The van der Waals surface area contributed by atoms with Gasteiger partial charge in [0, 0.05) is 23.2 Å². The van der Waals surface area contributed by atoms with Crippen molar-refractivity contribution >= 4 is 22.5 Å². The topological polar surface area (TPSA) is 96.7 Å². The molecule has 0 atom stereocenters. The molecule has 6 nitrogen and oxygen atoms in total. The van der Waals surface area contributed by atoms with Crippen LogP contribution in [0, 0.1) is 13.8 Å². The summed E-state index contributed by atoms with van der Waals surface area (Å²) in [5.74, 6) is -0.0775. The van der Waals surface area contributed by atoms with Crippen LogP contribution in [-0.4, -0.2) is 21.1 Å². The van der Waals surface area contributed by atoms with E-state index >= 15 is 0 Å². The van der Waals surface area contributed by atoms with E-state index < -0.39 is 0 Å². The molecule has 0 spiro atoms. The number of carbonyl (C=O) groups is 1. The molecule has 2 heterocycles. The molecule has 4 N–H and O–H groups in total. The second-order valence-corrected chi connectivity index (χ2v) is 5.59. The average molecular weight is 309 g/mol. The Morgan fingerprint density at radius 2 is 2.09 bits per heavy atom. The Hall–Kier alpha value is -2.89. The molecule has 2 aromatic heterocycles. The highest BCUT2D eigenvalue weighted by Gasteiger charge is 2.10. The molecule has 23 heavy (non-hydrogen) atoms. The van der Waals surface area contributed by atoms with Gasteiger partial charge in [-0.25, -0.2) is 0 Å². The minimum absolute atomic E-state index is 0.0775. The summed E-state index contributed by atoms with van der Waals surface area (Å²) in [6.07, 6.45) is 0.222. The van der Waals surface area contributed by atoms with E-state index in [0.29, 0.717) is 17.9 Å². The summed E-state index contributed by atoms with van der Waals surface area (Å²) in [7, 11) is 0. The van der Waals surface area contributed by atoms with E-state index in [9.17, 15) is 4.79 Å². The fourth-order valence-corrected chi connectivity index (χ4v) is 2.56. The number of pyridine rings is 1. The molecule has 6 heteroatoms. The number of nitrogens with zero attached hydrogens (tertiary/aromatic N) is 2. The number of para-hydroxylation sites is 1. The highest BCUT2D eigenvalue weighted by atomic mass is 16.1. The predicted molar refractivity (Wildman–Crippen MR) is 89.8 cm³/mol. The summed E-state index contributed by atoms with van der Waals surface area (Å²) >= 11 is 0. The highest BCUT2D eigenvalue weighted by Crippen LogP contribution is 2.19. The van der Waals surface area contributed by atoms with E-state index in [0.717, 1.165) is 27.9 Å². The molecule has 3 aromatic rings. The molecule has 0 aliphatic rings. The Balaban J connectivity index is 1.69. The fourth-order valence-electron chi connectivity index (χ4n) is 2.56. The Labute approximate surface area is 134 Å². The van der Waals surface area contributed by atoms with E-state index in [2.05, 4.69) is 20.5 Å². The molecule has 0 unspecified atom stereocenters. The quantitative estimate of drug-likeness (QED) is 0.642. The zero-order valence-electron chi connectivity index (χ0n) is 13.2. The summed E-state index contributed by atoms with van der Waals surface area (Å²) in [4.78, 5) is 16.6. The van der Waals surface area contributed by atoms with Gasteiger partial charge in [0.25, 0.3) is 0 Å². The van der Waals surface area contributed by atoms with Gasteiger partial charge < -0.3 is 11.1 Å². The van der Waals surface area contributed by atoms with Crippen LogP contribution in [0.1, 0.15) is 22.6 Å². The number of hydrogen-bond acceptors (Lipinski definition) is 4. The molecule has 3 rings (SSSR count). The first-order chi connectivity index (χ1) is 11.0. The third kappa shape index (κ3) is 3.15. The van der Waals surface area contributed by atoms with Crippen molar-refractivity contribution in [1.29, 1.82) is 0 Å². The minimum Gasteiger partial charge on any atom is -0.397 e. The van der Waals surface area contributed by atoms with Crippen LogP contribution in [0.2, 0.25) is 0 Å². The molecule has 0 fully saturated rings. The van der Waals surface area contributed by atoms with Crippen LogP contribution < -0.4 is 11.1 Å². The third-order valence-electron chi connectivity index (χ3n) is 3.89. The molecular formula is C17H19N5O. The van der Waals surface area contributed by atoms with Gasteiger partial charge in [-0.1, -0.05) is 18.2 Å². The van der Waals surface area contributed by atoms with Gasteiger partial charge >= 0.3 is 0 Å². The Morgan fingerprint density at radius 1 is 1.26 bits per heavy atom. The van der Waals surface area contributed by atoms with Gasteiger partial charge in [-0.05, 0) is 26.0 Å². The SMILES string of the molecule is Cc1n[nH]c(C)c1CNC(=O)Cc1ccc2cccc(N)c2n1. The minimum atomic E-state index is -0.0775. The molecule has 1 aromatic carbocycles. The number of rotatable bonds is 4. The van der Waals surface area contributed by atoms with Crippen LogP contribution >= 0.6 is 0 Å². The van der Waals surface area contributed by atoms with Crippen LogP contribution in [-0.2, 0) is 17.8 Å². The number of H-pyrrole nitrogens is 1. The number of nitrogens with one attached hydrogen (secondary N) is 2. The van der Waals surface area contributed by atoms with Gasteiger partial charge in [0.15, 0.2) is 0 Å². The van der Waals surface area contributed by atoms with Crippen molar-refractivity contribution in [1.82, 2.24) is 20.5 Å². The molecule has 0 aliphatic carbocycles. The van der Waals surface area contributed by atoms with E-state index in [4.69, 9.17) is 5.73 Å². The maximum Gasteiger partial charge on any atom is 0.226 e. The fraction of sp³-hybridized carbons (Fsp3) is 0.235. The van der Waals surface area contributed by atoms with Crippen LogP contribution in [0.4, 0.5) is 5.69 Å². The van der Waals surface area contributed by atoms with Gasteiger partial charge in [0.05, 0.1) is 29.0 Å². The van der Waals surface area contributed by atoms with Gasteiger partial charge in [-0.2, -0.15) is 5.10 Å². The second-order valence-electron chi connectivity index (χ2n) is 5.59. The van der Waals surface area contributed by atoms with Gasteiger partial charge in [-0.3, -0.25) is 14.9 Å². The molecule has 0 saturated heterocycles. The van der Waals surface area contributed by atoms with Crippen molar-refractivity contribution in [2.24, 2.45) is 0 Å². The number of nitrogen functional groups attached to an aromatic ring is 1. The number of hydrogen-bond donors (Lipinski definition) is 3. The van der Waals surface area contributed by atoms with Crippen LogP contribution in [0.5, 0.6) is 0 Å². The first kappa shape index (κ1) is 15.0. The van der Waals surface area contributed by atoms with Crippen molar-refractivity contribution in [3.05, 3.63) is 53.0 Å². The summed E-state index contributed by atoms with van der Waals surface area (Å²) in [5.41, 5.74) is 10.9. The van der Waals surface area contributed by atoms with Crippen LogP contribution in [0.25, 0.3) is 10.9 Å². The maximum absolute atomic E-state index is 12.1. The summed E-state index contributed by atoms with van der Waals surface area (Å²) < 4.78 is 0. The van der Waals surface area contributed by atoms with Gasteiger partial charge in [-0.15, -0.1) is 0 Å². The molecule has 0 radical (unpaired) electrons. The first-order valence-corrected chi connectivity index (χ1v) is 7.46. The lowest BCUT2D eigenvalue weighted by Crippen LogP contribution is -2.25. The Bertz CT molecular complexity index is 849. The van der Waals surface area contributed by atoms with Crippen molar-refractivity contribution in [3.8, 4) is 0 Å². The first-order valence-electron chi connectivity index (χ1n) is 7.46. The Morgan fingerprint density at radius 3 is 2.83 bits per heavy atom. The van der Waals surface area contributed by atoms with E-state index in [1.54, 1.807) is 0 Å². The number of benzene rings is 1. The molecule has 1 amide bonds. The maximum atomic E-state index is 12.1. The van der Waals surface area contributed by atoms with Crippen LogP contribution in [0.3, 0.4) is 0 Å². The number of aromatic amines is 1. The number of carbonyl (C=O) groups excluding carboxylic acids is 1. The van der Waals surface area contributed by atoms with Crippen molar-refractivity contribution in [3.63, 3.8) is 0 Å². The van der Waals surface area contributed by atoms with Gasteiger partial charge in [0.1, 0.15) is 0 Å². The van der Waals surface area contributed by atoms with Crippen molar-refractivity contribution in [2.75, 3.05) is 5.73 Å². The number of nitrogens with two attached hydrogens (primary N) is 1. The standard InChI is InChI=1S/C17H19N5O/c1-10-14(11(2)22-21-10)9-19-16(23)8-13-7-6-12-4-3-5-15(18)17(12)20-13/h3-7H,8-9,18H2,1-2H3,(H,19,23)(H,21,22). The lowest BCUT2D eigenvalue weighted by atomic mass is 10.1. The molecule has 0 saturated carbocycles. The van der Waals surface area contributed by atoms with Gasteiger partial charge in [0.2, 0.25) is 5.91 Å². The number of fused-ring (bicyclic) bond motifs is 1. The Kier molecular flexibility index (Phi) is 3.97. The number of aromatic nitrogens is 3. The molecular weight excluding hydrogens is 290 g/mol. The van der Waals surface area contributed by atoms with E-state index in [-0.39, 0.29) is 12.3 Å². The number of anilines is 1. The zero-order chi connectivity index (χ0) is 16.4. The average Bonchev–Trinajstić information content (AvgIpc) is 2.85. The summed E-state index contributed by atoms with van der Waals surface area (Å²) in [6, 6.07) is 9.44. The largest absolute Gasteiger partial charge is 0.397 e. The zero-order valence-corrected chi connectivity index (χ0v) is 13.2. The highest BCUT2D eigenvalue weighted by molar-refractivity contribution is 5.89. The smallest absolute Gasteiger partial charge is 0.226 e. The van der Waals surface area contributed by atoms with Crippen molar-refractivity contribution in [2.45, 2.75) is 26.8 Å². The second kappa shape index (κ2) is 6.08. The molecule has 0 bridgehead atoms. The molecule has 118 valence electrons. The summed E-state index contributed by atoms with van der Waals surface area (Å²) in [6.45, 7) is 4.32. The van der Waals surface area contributed by atoms with E-state index in [1.165, 1.54) is 0 Å². The third-order valence-corrected chi connectivity index (χ3v) is 3.89. The van der Waals surface area contributed by atoms with Crippen molar-refractivity contribution < 1.29 is 4.79 Å². The monoisotopic (exact) mass is 309 g/mol. The van der Waals surface area contributed by atoms with Crippen LogP contribution in [0.15, 0.2) is 30.3 Å². The molecule has 0 aliphatic heterocycles. The predicted octanol–water partition coefficient (Wildman–Crippen LogP) is 2.02. The normalized spacial score (nSPS) is 10.9.